The fourth-order valence-corrected chi connectivity index (χ4v) is 0.830. The highest BCUT2D eigenvalue weighted by Gasteiger charge is 2.07. The number of aromatic nitrogens is 2. The molecule has 1 aromatic heterocycles. The summed E-state index contributed by atoms with van der Waals surface area (Å²) < 4.78 is 9.68. The van der Waals surface area contributed by atoms with Crippen molar-refractivity contribution in [1.29, 1.82) is 0 Å². The van der Waals surface area contributed by atoms with Crippen LogP contribution in [0.2, 0.25) is 0 Å². The lowest BCUT2D eigenvalue weighted by molar-refractivity contribution is 0.0593. The smallest absolute Gasteiger partial charge is 0.358 e. The van der Waals surface area contributed by atoms with E-state index in [1.54, 1.807) is 0 Å². The SMILES string of the molecule is C/C=C/COc1cnc(C(=O)OC)cn1. The lowest BCUT2D eigenvalue weighted by atomic mass is 10.4. The average Bonchev–Trinajstić information content (AvgIpc) is 2.29. The number of hydrogen-bond acceptors (Lipinski definition) is 5. The zero-order valence-corrected chi connectivity index (χ0v) is 8.64. The number of carbonyl (C=O) groups is 1. The summed E-state index contributed by atoms with van der Waals surface area (Å²) in [6.07, 6.45) is 6.42. The monoisotopic (exact) mass is 208 g/mol. The minimum Gasteiger partial charge on any atom is -0.472 e. The van der Waals surface area contributed by atoms with E-state index in [4.69, 9.17) is 4.74 Å². The van der Waals surface area contributed by atoms with Crippen LogP contribution < -0.4 is 4.74 Å². The summed E-state index contributed by atoms with van der Waals surface area (Å²) in [5.74, 6) is -0.136. The van der Waals surface area contributed by atoms with E-state index in [0.29, 0.717) is 12.5 Å². The Labute approximate surface area is 87.8 Å². The van der Waals surface area contributed by atoms with Gasteiger partial charge in [-0.3, -0.25) is 0 Å². The van der Waals surface area contributed by atoms with Crippen LogP contribution in [0.25, 0.3) is 0 Å². The number of carbonyl (C=O) groups excluding carboxylic acids is 1. The highest BCUT2D eigenvalue weighted by Crippen LogP contribution is 2.04. The quantitative estimate of drug-likeness (QED) is 0.550. The van der Waals surface area contributed by atoms with Crippen molar-refractivity contribution >= 4 is 5.97 Å². The van der Waals surface area contributed by atoms with E-state index < -0.39 is 5.97 Å². The summed E-state index contributed by atoms with van der Waals surface area (Å²) >= 11 is 0. The fraction of sp³-hybridized carbons (Fsp3) is 0.300. The Morgan fingerprint density at radius 3 is 2.80 bits per heavy atom. The lowest BCUT2D eigenvalue weighted by Gasteiger charge is -2.01. The second-order valence-corrected chi connectivity index (χ2v) is 2.61. The van der Waals surface area contributed by atoms with Crippen molar-refractivity contribution in [2.45, 2.75) is 6.92 Å². The van der Waals surface area contributed by atoms with Crippen LogP contribution in [0.5, 0.6) is 5.88 Å². The van der Waals surface area contributed by atoms with E-state index in [9.17, 15) is 4.79 Å². The molecule has 0 aliphatic carbocycles. The van der Waals surface area contributed by atoms with Crippen molar-refractivity contribution in [2.75, 3.05) is 13.7 Å². The molecule has 80 valence electrons. The molecule has 0 atom stereocenters. The third-order valence-corrected chi connectivity index (χ3v) is 1.59. The maximum Gasteiger partial charge on any atom is 0.358 e. The van der Waals surface area contributed by atoms with E-state index in [1.807, 2.05) is 19.1 Å². The second kappa shape index (κ2) is 5.74. The maximum atomic E-state index is 11.0. The van der Waals surface area contributed by atoms with Gasteiger partial charge in [0.15, 0.2) is 5.69 Å². The summed E-state index contributed by atoms with van der Waals surface area (Å²) in [6, 6.07) is 0. The summed E-state index contributed by atoms with van der Waals surface area (Å²) in [4.78, 5) is 18.8. The Hall–Kier alpha value is -1.91. The third-order valence-electron chi connectivity index (χ3n) is 1.59. The maximum absolute atomic E-state index is 11.0. The van der Waals surface area contributed by atoms with Crippen LogP contribution >= 0.6 is 0 Å². The van der Waals surface area contributed by atoms with Gasteiger partial charge in [-0.05, 0) is 6.92 Å². The van der Waals surface area contributed by atoms with Gasteiger partial charge >= 0.3 is 5.97 Å². The highest BCUT2D eigenvalue weighted by molar-refractivity contribution is 5.86. The summed E-state index contributed by atoms with van der Waals surface area (Å²) in [6.45, 7) is 2.33. The minimum absolute atomic E-state index is 0.163. The second-order valence-electron chi connectivity index (χ2n) is 2.61. The van der Waals surface area contributed by atoms with Crippen molar-refractivity contribution in [3.63, 3.8) is 0 Å². The predicted octanol–water partition coefficient (Wildman–Crippen LogP) is 1.22. The molecule has 0 aliphatic rings. The van der Waals surface area contributed by atoms with Crippen molar-refractivity contribution in [3.05, 3.63) is 30.2 Å². The Morgan fingerprint density at radius 2 is 2.27 bits per heavy atom. The number of rotatable bonds is 4. The van der Waals surface area contributed by atoms with Gasteiger partial charge in [0, 0.05) is 0 Å². The molecule has 0 aromatic carbocycles. The molecule has 0 N–H and O–H groups in total. The normalized spacial score (nSPS) is 10.3. The Morgan fingerprint density at radius 1 is 1.47 bits per heavy atom. The molecule has 0 amide bonds. The first-order valence-electron chi connectivity index (χ1n) is 4.42. The van der Waals surface area contributed by atoms with Gasteiger partial charge in [-0.1, -0.05) is 12.2 Å². The molecule has 5 nitrogen and oxygen atoms in total. The number of hydrogen-bond donors (Lipinski definition) is 0. The first-order chi connectivity index (χ1) is 7.27. The van der Waals surface area contributed by atoms with Gasteiger partial charge in [0.1, 0.15) is 6.61 Å². The van der Waals surface area contributed by atoms with Gasteiger partial charge < -0.3 is 9.47 Å². The van der Waals surface area contributed by atoms with Crippen LogP contribution in [0.1, 0.15) is 17.4 Å². The molecule has 5 heteroatoms. The molecular weight excluding hydrogens is 196 g/mol. The van der Waals surface area contributed by atoms with Crippen molar-refractivity contribution < 1.29 is 14.3 Å². The minimum atomic E-state index is -0.512. The van der Waals surface area contributed by atoms with Gasteiger partial charge in [-0.15, -0.1) is 0 Å². The zero-order valence-electron chi connectivity index (χ0n) is 8.64. The summed E-state index contributed by atoms with van der Waals surface area (Å²) in [5.41, 5.74) is 0.163. The van der Waals surface area contributed by atoms with E-state index >= 15 is 0 Å². The van der Waals surface area contributed by atoms with Crippen LogP contribution in [-0.4, -0.2) is 29.7 Å². The van der Waals surface area contributed by atoms with Gasteiger partial charge in [0.05, 0.1) is 19.5 Å². The first-order valence-corrected chi connectivity index (χ1v) is 4.42. The molecule has 1 aromatic rings. The summed E-state index contributed by atoms with van der Waals surface area (Å²) in [5, 5.41) is 0. The molecule has 0 aliphatic heterocycles. The molecule has 0 saturated heterocycles. The van der Waals surface area contributed by atoms with Gasteiger partial charge in [-0.2, -0.15) is 0 Å². The fourth-order valence-electron chi connectivity index (χ4n) is 0.830. The van der Waals surface area contributed by atoms with Crippen LogP contribution in [0.15, 0.2) is 24.5 Å². The van der Waals surface area contributed by atoms with Gasteiger partial charge in [0.25, 0.3) is 0 Å². The lowest BCUT2D eigenvalue weighted by Crippen LogP contribution is -2.05. The van der Waals surface area contributed by atoms with Crippen molar-refractivity contribution in [2.24, 2.45) is 0 Å². The van der Waals surface area contributed by atoms with E-state index in [-0.39, 0.29) is 5.69 Å². The predicted molar refractivity (Wildman–Crippen MR) is 53.7 cm³/mol. The number of nitrogens with zero attached hydrogens (tertiary/aromatic N) is 2. The molecule has 0 spiro atoms. The number of ether oxygens (including phenoxy) is 2. The Bertz CT molecular complexity index is 346. The van der Waals surface area contributed by atoms with E-state index in [0.717, 1.165) is 0 Å². The first kappa shape index (κ1) is 11.2. The van der Waals surface area contributed by atoms with Crippen LogP contribution in [0.4, 0.5) is 0 Å². The molecule has 0 radical (unpaired) electrons. The van der Waals surface area contributed by atoms with Gasteiger partial charge in [-0.25, -0.2) is 14.8 Å². The molecule has 0 bridgehead atoms. The van der Waals surface area contributed by atoms with Gasteiger partial charge in [0.2, 0.25) is 5.88 Å². The number of allylic oxidation sites excluding steroid dienone is 1. The van der Waals surface area contributed by atoms with E-state index in [1.165, 1.54) is 19.5 Å². The summed E-state index contributed by atoms with van der Waals surface area (Å²) in [7, 11) is 1.29. The molecule has 0 fully saturated rings. The molecule has 0 saturated carbocycles. The van der Waals surface area contributed by atoms with Crippen LogP contribution in [0.3, 0.4) is 0 Å². The zero-order chi connectivity index (χ0) is 11.1. The number of esters is 1. The molecule has 1 rings (SSSR count). The van der Waals surface area contributed by atoms with Crippen LogP contribution in [0, 0.1) is 0 Å². The molecular formula is C10H12N2O3. The van der Waals surface area contributed by atoms with Crippen molar-refractivity contribution in [3.8, 4) is 5.88 Å². The topological polar surface area (TPSA) is 61.3 Å². The third kappa shape index (κ3) is 3.38. The Balaban J connectivity index is 2.60. The molecule has 1 heterocycles. The highest BCUT2D eigenvalue weighted by atomic mass is 16.5. The largest absolute Gasteiger partial charge is 0.472 e. The van der Waals surface area contributed by atoms with Crippen LogP contribution in [-0.2, 0) is 4.74 Å². The van der Waals surface area contributed by atoms with Crippen molar-refractivity contribution in [1.82, 2.24) is 9.97 Å². The Kier molecular flexibility index (Phi) is 4.28. The molecule has 0 unspecified atom stereocenters. The van der Waals surface area contributed by atoms with E-state index in [2.05, 4.69) is 14.7 Å². The molecule has 15 heavy (non-hydrogen) atoms. The standard InChI is InChI=1S/C10H12N2O3/c1-3-4-5-15-9-7-11-8(6-12-9)10(13)14-2/h3-4,6-7H,5H2,1-2H3/b4-3+. The average molecular weight is 208 g/mol. The number of methoxy groups -OCH3 is 1.